The van der Waals surface area contributed by atoms with Crippen LogP contribution in [0.25, 0.3) is 0 Å². The van der Waals surface area contributed by atoms with Crippen molar-refractivity contribution in [3.8, 4) is 0 Å². The molecule has 0 N–H and O–H groups in total. The smallest absolute Gasteiger partial charge is 0.303 e. The highest BCUT2D eigenvalue weighted by Crippen LogP contribution is 2.32. The van der Waals surface area contributed by atoms with Crippen LogP contribution in [0.3, 0.4) is 0 Å². The third-order valence-electron chi connectivity index (χ3n) is 2.27. The number of carbonyl (C=O) groups is 1. The molecule has 0 aliphatic heterocycles. The largest absolute Gasteiger partial charge is 0.416 e. The Morgan fingerprint density at radius 1 is 1.31 bits per heavy atom. The Hall–Kier alpha value is -1.39. The predicted molar refractivity (Wildman–Crippen MR) is 50.5 cm³/mol. The van der Waals surface area contributed by atoms with Gasteiger partial charge in [0.1, 0.15) is 12.1 Å². The number of alkyl halides is 3. The van der Waals surface area contributed by atoms with E-state index in [1.54, 1.807) is 6.92 Å². The lowest BCUT2D eigenvalue weighted by Crippen LogP contribution is -2.07. The molecule has 0 amide bonds. The molecule has 0 aliphatic carbocycles. The van der Waals surface area contributed by atoms with Crippen molar-refractivity contribution in [2.45, 2.75) is 25.4 Å². The molecule has 16 heavy (non-hydrogen) atoms. The summed E-state index contributed by atoms with van der Waals surface area (Å²) in [6.07, 6.45) is -3.90. The van der Waals surface area contributed by atoms with Crippen LogP contribution in [-0.2, 0) is 11.0 Å². The van der Waals surface area contributed by atoms with Gasteiger partial charge in [0.25, 0.3) is 0 Å². The van der Waals surface area contributed by atoms with Crippen molar-refractivity contribution in [3.63, 3.8) is 0 Å². The molecule has 0 fully saturated rings. The highest BCUT2D eigenvalue weighted by molar-refractivity contribution is 5.51. The van der Waals surface area contributed by atoms with Gasteiger partial charge in [0.2, 0.25) is 0 Å². The maximum atomic E-state index is 13.0. The van der Waals surface area contributed by atoms with Crippen molar-refractivity contribution in [1.29, 1.82) is 0 Å². The Labute approximate surface area is 90.1 Å². The van der Waals surface area contributed by atoms with Gasteiger partial charge in [0.05, 0.1) is 5.56 Å². The van der Waals surface area contributed by atoms with Crippen molar-refractivity contribution in [1.82, 2.24) is 0 Å². The first kappa shape index (κ1) is 12.7. The SMILES string of the molecule is CC(CC=O)c1cc(F)cc(C(F)(F)F)c1. The fourth-order valence-corrected chi connectivity index (χ4v) is 1.34. The Morgan fingerprint density at radius 3 is 2.44 bits per heavy atom. The van der Waals surface area contributed by atoms with Gasteiger partial charge < -0.3 is 4.79 Å². The van der Waals surface area contributed by atoms with Crippen LogP contribution in [0, 0.1) is 5.82 Å². The zero-order valence-electron chi connectivity index (χ0n) is 8.51. The summed E-state index contributed by atoms with van der Waals surface area (Å²) in [6, 6.07) is 2.33. The molecule has 1 atom stereocenters. The molecule has 0 heterocycles. The summed E-state index contributed by atoms with van der Waals surface area (Å²) in [5, 5.41) is 0. The van der Waals surface area contributed by atoms with Crippen LogP contribution < -0.4 is 0 Å². The van der Waals surface area contributed by atoms with Gasteiger partial charge in [-0.25, -0.2) is 4.39 Å². The Bertz CT molecular complexity index is 384. The normalized spacial score (nSPS) is 13.6. The molecule has 1 unspecified atom stereocenters. The number of halogens is 4. The molecule has 0 saturated carbocycles. The fraction of sp³-hybridized carbons (Fsp3) is 0.364. The number of hydrogen-bond donors (Lipinski definition) is 0. The molecule has 0 aliphatic rings. The lowest BCUT2D eigenvalue weighted by molar-refractivity contribution is -0.137. The molecule has 88 valence electrons. The highest BCUT2D eigenvalue weighted by Gasteiger charge is 2.31. The Morgan fingerprint density at radius 2 is 1.94 bits per heavy atom. The number of hydrogen-bond acceptors (Lipinski definition) is 1. The van der Waals surface area contributed by atoms with Gasteiger partial charge in [-0.2, -0.15) is 13.2 Å². The summed E-state index contributed by atoms with van der Waals surface area (Å²) in [5.74, 6) is -1.36. The van der Waals surface area contributed by atoms with Crippen molar-refractivity contribution >= 4 is 6.29 Å². The van der Waals surface area contributed by atoms with Crippen LogP contribution in [0.4, 0.5) is 17.6 Å². The quantitative estimate of drug-likeness (QED) is 0.577. The van der Waals surface area contributed by atoms with Gasteiger partial charge in [-0.1, -0.05) is 6.92 Å². The minimum Gasteiger partial charge on any atom is -0.303 e. The van der Waals surface area contributed by atoms with E-state index < -0.39 is 23.5 Å². The molecule has 0 saturated heterocycles. The second-order valence-electron chi connectivity index (χ2n) is 3.57. The summed E-state index contributed by atoms with van der Waals surface area (Å²) < 4.78 is 50.1. The third-order valence-corrected chi connectivity index (χ3v) is 2.27. The third kappa shape index (κ3) is 3.05. The summed E-state index contributed by atoms with van der Waals surface area (Å²) in [4.78, 5) is 10.2. The number of benzene rings is 1. The highest BCUT2D eigenvalue weighted by atomic mass is 19.4. The van der Waals surface area contributed by atoms with E-state index in [2.05, 4.69) is 0 Å². The van der Waals surface area contributed by atoms with Crippen LogP contribution in [-0.4, -0.2) is 6.29 Å². The second-order valence-corrected chi connectivity index (χ2v) is 3.57. The predicted octanol–water partition coefficient (Wildman–Crippen LogP) is 3.54. The van der Waals surface area contributed by atoms with E-state index >= 15 is 0 Å². The monoisotopic (exact) mass is 234 g/mol. The number of carbonyl (C=O) groups excluding carboxylic acids is 1. The molecule has 1 aromatic rings. The van der Waals surface area contributed by atoms with E-state index in [1.807, 2.05) is 0 Å². The van der Waals surface area contributed by atoms with Gasteiger partial charge in [0.15, 0.2) is 0 Å². The van der Waals surface area contributed by atoms with Crippen molar-refractivity contribution < 1.29 is 22.4 Å². The van der Waals surface area contributed by atoms with Crippen LogP contribution in [0.2, 0.25) is 0 Å². The maximum absolute atomic E-state index is 13.0. The first-order valence-corrected chi connectivity index (χ1v) is 4.66. The van der Waals surface area contributed by atoms with Gasteiger partial charge in [0, 0.05) is 6.42 Å². The van der Waals surface area contributed by atoms with E-state index in [0.29, 0.717) is 12.4 Å². The first-order chi connectivity index (χ1) is 7.34. The van der Waals surface area contributed by atoms with Gasteiger partial charge in [-0.05, 0) is 29.7 Å². The molecular formula is C11H10F4O. The molecule has 1 nitrogen and oxygen atoms in total. The molecule has 1 aromatic carbocycles. The lowest BCUT2D eigenvalue weighted by Gasteiger charge is -2.12. The van der Waals surface area contributed by atoms with E-state index in [-0.39, 0.29) is 12.0 Å². The lowest BCUT2D eigenvalue weighted by atomic mass is 9.96. The minimum atomic E-state index is -4.57. The van der Waals surface area contributed by atoms with Gasteiger partial charge in [-0.15, -0.1) is 0 Å². The topological polar surface area (TPSA) is 17.1 Å². The molecule has 5 heteroatoms. The summed E-state index contributed by atoms with van der Waals surface area (Å²) >= 11 is 0. The van der Waals surface area contributed by atoms with Crippen LogP contribution >= 0.6 is 0 Å². The number of rotatable bonds is 3. The first-order valence-electron chi connectivity index (χ1n) is 4.66. The molecule has 1 rings (SSSR count). The van der Waals surface area contributed by atoms with E-state index in [9.17, 15) is 22.4 Å². The van der Waals surface area contributed by atoms with Crippen molar-refractivity contribution in [3.05, 3.63) is 35.1 Å². The molecule has 0 spiro atoms. The van der Waals surface area contributed by atoms with Gasteiger partial charge >= 0.3 is 6.18 Å². The summed E-state index contributed by atoms with van der Waals surface area (Å²) in [7, 11) is 0. The average Bonchev–Trinajstić information content (AvgIpc) is 2.16. The van der Waals surface area contributed by atoms with E-state index in [1.165, 1.54) is 0 Å². The second kappa shape index (κ2) is 4.63. The van der Waals surface area contributed by atoms with Crippen molar-refractivity contribution in [2.24, 2.45) is 0 Å². The van der Waals surface area contributed by atoms with E-state index in [0.717, 1.165) is 12.1 Å². The summed E-state index contributed by atoms with van der Waals surface area (Å²) in [5.41, 5.74) is -0.848. The van der Waals surface area contributed by atoms with Gasteiger partial charge in [-0.3, -0.25) is 0 Å². The van der Waals surface area contributed by atoms with E-state index in [4.69, 9.17) is 0 Å². The fourth-order valence-electron chi connectivity index (χ4n) is 1.34. The Kier molecular flexibility index (Phi) is 3.67. The molecule has 0 aromatic heterocycles. The van der Waals surface area contributed by atoms with Crippen LogP contribution in [0.1, 0.15) is 30.4 Å². The molecule has 0 radical (unpaired) electrons. The van der Waals surface area contributed by atoms with Crippen molar-refractivity contribution in [2.75, 3.05) is 0 Å². The molecule has 0 bridgehead atoms. The zero-order chi connectivity index (χ0) is 12.3. The molecular weight excluding hydrogens is 224 g/mol. The maximum Gasteiger partial charge on any atom is 0.416 e. The zero-order valence-corrected chi connectivity index (χ0v) is 8.51. The van der Waals surface area contributed by atoms with Crippen LogP contribution in [0.5, 0.6) is 0 Å². The summed E-state index contributed by atoms with van der Waals surface area (Å²) in [6.45, 7) is 1.57. The standard InChI is InChI=1S/C11H10F4O/c1-7(2-3-16)8-4-9(11(13,14)15)6-10(12)5-8/h3-7H,2H2,1H3. The number of aldehydes is 1. The van der Waals surface area contributed by atoms with Crippen LogP contribution in [0.15, 0.2) is 18.2 Å². The Balaban J connectivity index is 3.12. The average molecular weight is 234 g/mol. The minimum absolute atomic E-state index is 0.0702.